The van der Waals surface area contributed by atoms with Crippen molar-refractivity contribution < 1.29 is 14.3 Å². The average Bonchev–Trinajstić information content (AvgIpc) is 3.18. The van der Waals surface area contributed by atoms with Gasteiger partial charge in [-0.05, 0) is 48.0 Å². The fourth-order valence-electron chi connectivity index (χ4n) is 2.90. The lowest BCUT2D eigenvalue weighted by molar-refractivity contribution is -0.116. The molecule has 1 aliphatic heterocycles. The van der Waals surface area contributed by atoms with E-state index in [4.69, 9.17) is 4.42 Å². The summed E-state index contributed by atoms with van der Waals surface area (Å²) in [6, 6.07) is 7.24. The Labute approximate surface area is 148 Å². The van der Waals surface area contributed by atoms with Crippen LogP contribution in [0.2, 0.25) is 0 Å². The fourth-order valence-corrected chi connectivity index (χ4v) is 3.63. The second kappa shape index (κ2) is 5.96. The Morgan fingerprint density at radius 3 is 3.00 bits per heavy atom. The first kappa shape index (κ1) is 15.8. The van der Waals surface area contributed by atoms with Crippen LogP contribution in [0.4, 0.5) is 5.69 Å². The Kier molecular flexibility index (Phi) is 3.76. The van der Waals surface area contributed by atoms with E-state index in [2.05, 4.69) is 15.5 Å². The van der Waals surface area contributed by atoms with Gasteiger partial charge in [0.1, 0.15) is 17.8 Å². The number of fused-ring (bicyclic) bond motifs is 1. The van der Waals surface area contributed by atoms with Crippen LogP contribution in [-0.4, -0.2) is 25.8 Å². The second-order valence-electron chi connectivity index (χ2n) is 6.01. The number of amides is 1. The van der Waals surface area contributed by atoms with Crippen LogP contribution in [0.3, 0.4) is 0 Å². The van der Waals surface area contributed by atoms with Crippen molar-refractivity contribution in [1.29, 1.82) is 0 Å². The van der Waals surface area contributed by atoms with Crippen LogP contribution in [0.5, 0.6) is 5.75 Å². The van der Waals surface area contributed by atoms with Gasteiger partial charge < -0.3 is 19.4 Å². The van der Waals surface area contributed by atoms with Crippen molar-refractivity contribution in [3.05, 3.63) is 47.5 Å². The zero-order valence-corrected chi connectivity index (χ0v) is 14.5. The van der Waals surface area contributed by atoms with E-state index >= 15 is 0 Å². The molecule has 128 valence electrons. The molecule has 0 saturated heterocycles. The maximum atomic E-state index is 12.1. The van der Waals surface area contributed by atoms with Gasteiger partial charge in [0.05, 0.1) is 5.92 Å². The van der Waals surface area contributed by atoms with E-state index in [-0.39, 0.29) is 17.6 Å². The summed E-state index contributed by atoms with van der Waals surface area (Å²) in [6.07, 6.45) is 1.93. The average molecular weight is 356 g/mol. The van der Waals surface area contributed by atoms with E-state index in [0.717, 1.165) is 16.3 Å². The Morgan fingerprint density at radius 1 is 1.40 bits per heavy atom. The molecule has 3 heterocycles. The van der Waals surface area contributed by atoms with E-state index in [0.29, 0.717) is 23.0 Å². The van der Waals surface area contributed by atoms with Gasteiger partial charge in [-0.3, -0.25) is 4.79 Å². The summed E-state index contributed by atoms with van der Waals surface area (Å²) >= 11 is 1.38. The number of aromatic nitrogens is 3. The lowest BCUT2D eigenvalue weighted by atomic mass is 9.87. The first-order chi connectivity index (χ1) is 12.0. The number of hydrogen-bond acceptors (Lipinski definition) is 6. The largest absolute Gasteiger partial charge is 0.508 e. The molecule has 0 radical (unpaired) electrons. The van der Waals surface area contributed by atoms with Gasteiger partial charge in [0.15, 0.2) is 10.2 Å². The Bertz CT molecular complexity index is 963. The highest BCUT2D eigenvalue weighted by molar-refractivity contribution is 7.99. The van der Waals surface area contributed by atoms with Gasteiger partial charge in [-0.25, -0.2) is 0 Å². The first-order valence-electron chi connectivity index (χ1n) is 7.76. The predicted octanol–water partition coefficient (Wildman–Crippen LogP) is 3.05. The zero-order chi connectivity index (χ0) is 17.6. The number of furan rings is 1. The molecule has 1 aromatic carbocycles. The number of phenols is 1. The standard InChI is InChI=1S/C17H16N4O3S/c1-9-5-10-11(6-15(23)19-12(10)7-13(9)22)14-3-4-16(24-14)25-17-20-18-8-21(17)2/h3-5,7-8,11,22H,6H2,1-2H3,(H,19,23)/t11-/m1/s1. The number of benzene rings is 1. The van der Waals surface area contributed by atoms with Gasteiger partial charge in [0, 0.05) is 25.2 Å². The third-order valence-electron chi connectivity index (χ3n) is 4.21. The molecule has 7 nitrogen and oxygen atoms in total. The van der Waals surface area contributed by atoms with E-state index in [1.54, 1.807) is 12.4 Å². The van der Waals surface area contributed by atoms with Crippen LogP contribution in [-0.2, 0) is 11.8 Å². The molecule has 1 atom stereocenters. The summed E-state index contributed by atoms with van der Waals surface area (Å²) in [4.78, 5) is 12.1. The van der Waals surface area contributed by atoms with Crippen LogP contribution >= 0.6 is 11.8 Å². The Hall–Kier alpha value is -2.74. The van der Waals surface area contributed by atoms with E-state index in [1.807, 2.05) is 36.7 Å². The van der Waals surface area contributed by atoms with Gasteiger partial charge >= 0.3 is 0 Å². The highest BCUT2D eigenvalue weighted by atomic mass is 32.2. The SMILES string of the molecule is Cc1cc2c(cc1O)NC(=O)C[C@H]2c1ccc(Sc2nncn2C)o1. The first-order valence-corrected chi connectivity index (χ1v) is 8.58. The van der Waals surface area contributed by atoms with Crippen molar-refractivity contribution in [1.82, 2.24) is 14.8 Å². The molecule has 0 bridgehead atoms. The van der Waals surface area contributed by atoms with Gasteiger partial charge in [-0.15, -0.1) is 10.2 Å². The van der Waals surface area contributed by atoms with Crippen molar-refractivity contribution in [2.45, 2.75) is 29.5 Å². The lowest BCUT2D eigenvalue weighted by Gasteiger charge is -2.25. The summed E-state index contributed by atoms with van der Waals surface area (Å²) in [7, 11) is 1.86. The molecule has 3 aromatic rings. The van der Waals surface area contributed by atoms with Crippen LogP contribution in [0.1, 0.15) is 29.2 Å². The third-order valence-corrected chi connectivity index (χ3v) is 5.19. The third kappa shape index (κ3) is 2.89. The fraction of sp³-hybridized carbons (Fsp3) is 0.235. The van der Waals surface area contributed by atoms with E-state index in [9.17, 15) is 9.90 Å². The minimum absolute atomic E-state index is 0.0975. The maximum Gasteiger partial charge on any atom is 0.225 e. The number of anilines is 1. The smallest absolute Gasteiger partial charge is 0.225 e. The molecule has 0 aliphatic carbocycles. The highest BCUT2D eigenvalue weighted by Crippen LogP contribution is 2.41. The molecule has 1 amide bonds. The molecular weight excluding hydrogens is 340 g/mol. The summed E-state index contributed by atoms with van der Waals surface area (Å²) in [5, 5.41) is 22.0. The number of phenolic OH excluding ortho intramolecular Hbond substituents is 1. The minimum Gasteiger partial charge on any atom is -0.508 e. The number of carbonyl (C=O) groups excluding carboxylic acids is 1. The normalized spacial score (nSPS) is 16.6. The molecule has 2 N–H and O–H groups in total. The molecule has 2 aromatic heterocycles. The molecule has 1 aliphatic rings. The van der Waals surface area contributed by atoms with Crippen molar-refractivity contribution in [2.24, 2.45) is 7.05 Å². The topological polar surface area (TPSA) is 93.2 Å². The van der Waals surface area contributed by atoms with Crippen LogP contribution in [0.25, 0.3) is 0 Å². The summed E-state index contributed by atoms with van der Waals surface area (Å²) in [5.41, 5.74) is 2.34. The molecule has 8 heteroatoms. The van der Waals surface area contributed by atoms with Gasteiger partial charge in [0.25, 0.3) is 0 Å². The van der Waals surface area contributed by atoms with Crippen LogP contribution in [0.15, 0.2) is 45.3 Å². The van der Waals surface area contributed by atoms with Gasteiger partial charge in [0.2, 0.25) is 5.91 Å². The van der Waals surface area contributed by atoms with E-state index in [1.165, 1.54) is 11.8 Å². The zero-order valence-electron chi connectivity index (χ0n) is 13.7. The Morgan fingerprint density at radius 2 is 2.24 bits per heavy atom. The molecule has 0 fully saturated rings. The van der Waals surface area contributed by atoms with Crippen LogP contribution < -0.4 is 5.32 Å². The molecule has 0 unspecified atom stereocenters. The molecule has 0 spiro atoms. The van der Waals surface area contributed by atoms with Crippen molar-refractivity contribution in [3.8, 4) is 5.75 Å². The Balaban J connectivity index is 1.68. The minimum atomic E-state index is -0.183. The number of nitrogens with one attached hydrogen (secondary N) is 1. The summed E-state index contributed by atoms with van der Waals surface area (Å²) in [6.45, 7) is 1.83. The lowest BCUT2D eigenvalue weighted by Crippen LogP contribution is -2.23. The monoisotopic (exact) mass is 356 g/mol. The maximum absolute atomic E-state index is 12.1. The van der Waals surface area contributed by atoms with Gasteiger partial charge in [-0.1, -0.05) is 0 Å². The van der Waals surface area contributed by atoms with Crippen molar-refractivity contribution in [2.75, 3.05) is 5.32 Å². The second-order valence-corrected chi connectivity index (χ2v) is 6.99. The van der Waals surface area contributed by atoms with Crippen molar-refractivity contribution in [3.63, 3.8) is 0 Å². The molecular formula is C17H16N4O3S. The number of carbonyl (C=O) groups is 1. The van der Waals surface area contributed by atoms with Gasteiger partial charge in [-0.2, -0.15) is 0 Å². The highest BCUT2D eigenvalue weighted by Gasteiger charge is 2.29. The number of hydrogen-bond donors (Lipinski definition) is 2. The number of aryl methyl sites for hydroxylation is 2. The summed E-state index contributed by atoms with van der Waals surface area (Å²) in [5.74, 6) is 0.597. The quantitative estimate of drug-likeness (QED) is 0.749. The molecule has 0 saturated carbocycles. The van der Waals surface area contributed by atoms with Crippen LogP contribution in [0, 0.1) is 6.92 Å². The number of rotatable bonds is 3. The van der Waals surface area contributed by atoms with Crippen molar-refractivity contribution >= 4 is 23.4 Å². The van der Waals surface area contributed by atoms with E-state index < -0.39 is 0 Å². The number of nitrogens with zero attached hydrogens (tertiary/aromatic N) is 3. The molecule has 4 rings (SSSR count). The predicted molar refractivity (Wildman–Crippen MR) is 91.8 cm³/mol. The summed E-state index contributed by atoms with van der Waals surface area (Å²) < 4.78 is 7.77. The number of aromatic hydroxyl groups is 1. The molecule has 25 heavy (non-hydrogen) atoms.